The van der Waals surface area contributed by atoms with Gasteiger partial charge < -0.3 is 4.74 Å². The van der Waals surface area contributed by atoms with Gasteiger partial charge in [-0.1, -0.05) is 36.9 Å². The number of rotatable bonds is 0. The molecule has 4 rings (SSSR count). The van der Waals surface area contributed by atoms with Crippen LogP contribution in [0.2, 0.25) is 0 Å². The number of para-hydroxylation sites is 1. The monoisotopic (exact) mass is 274 g/mol. The fourth-order valence-electron chi connectivity index (χ4n) is 3.11. The van der Waals surface area contributed by atoms with Gasteiger partial charge in [-0.05, 0) is 13.0 Å². The van der Waals surface area contributed by atoms with Gasteiger partial charge in [-0.3, -0.25) is 9.69 Å². The number of hydrogen-bond donors (Lipinski definition) is 0. The molecule has 3 atom stereocenters. The summed E-state index contributed by atoms with van der Waals surface area (Å²) in [5.41, 5.74) is 0.526. The number of hydrogen-bond acceptors (Lipinski definition) is 4. The van der Waals surface area contributed by atoms with Crippen molar-refractivity contribution in [3.05, 3.63) is 29.8 Å². The molecular weight excluding hydrogens is 260 g/mol. The SMILES string of the molecule is CC1C2c3ccccc3OC1(C)N=C1SCC(=O)N12. The fraction of sp³-hybridized carbons (Fsp3) is 0.429. The minimum Gasteiger partial charge on any atom is -0.466 e. The topological polar surface area (TPSA) is 41.9 Å². The van der Waals surface area contributed by atoms with E-state index in [0.29, 0.717) is 5.75 Å². The van der Waals surface area contributed by atoms with Crippen LogP contribution in [0.15, 0.2) is 29.3 Å². The Labute approximate surface area is 115 Å². The number of amides is 1. The molecular formula is C14H14N2O2S. The number of carbonyl (C=O) groups is 1. The molecule has 0 spiro atoms. The highest BCUT2D eigenvalue weighted by Crippen LogP contribution is 2.52. The second kappa shape index (κ2) is 3.54. The number of fused-ring (bicyclic) bond motifs is 6. The molecule has 1 fully saturated rings. The molecule has 1 aromatic rings. The highest BCUT2D eigenvalue weighted by Gasteiger charge is 2.54. The lowest BCUT2D eigenvalue weighted by atomic mass is 9.82. The zero-order valence-electron chi connectivity index (χ0n) is 10.8. The number of ether oxygens (including phenoxy) is 1. The van der Waals surface area contributed by atoms with Gasteiger partial charge >= 0.3 is 0 Å². The van der Waals surface area contributed by atoms with Gasteiger partial charge in [-0.2, -0.15) is 0 Å². The van der Waals surface area contributed by atoms with Gasteiger partial charge in [0.1, 0.15) is 5.75 Å². The first-order valence-electron chi connectivity index (χ1n) is 6.43. The summed E-state index contributed by atoms with van der Waals surface area (Å²) in [6, 6.07) is 8.01. The molecule has 0 aliphatic carbocycles. The molecule has 4 nitrogen and oxygen atoms in total. The minimum atomic E-state index is -0.567. The lowest BCUT2D eigenvalue weighted by molar-refractivity contribution is -0.130. The molecule has 1 saturated heterocycles. The largest absolute Gasteiger partial charge is 0.466 e. The van der Waals surface area contributed by atoms with Crippen LogP contribution >= 0.6 is 11.8 Å². The fourth-order valence-corrected chi connectivity index (χ4v) is 4.10. The zero-order valence-corrected chi connectivity index (χ0v) is 11.6. The van der Waals surface area contributed by atoms with Gasteiger partial charge in [0.25, 0.3) is 0 Å². The summed E-state index contributed by atoms with van der Waals surface area (Å²) in [6.45, 7) is 4.12. The predicted octanol–water partition coefficient (Wildman–Crippen LogP) is 2.42. The standard InChI is InChI=1S/C14H14N2O2S/c1-8-12-9-5-3-4-6-10(9)18-14(8,2)15-13-16(12)11(17)7-19-13/h3-6,8,12H,7H2,1-2H3. The average molecular weight is 274 g/mol. The van der Waals surface area contributed by atoms with Gasteiger partial charge in [-0.25, -0.2) is 4.99 Å². The van der Waals surface area contributed by atoms with Crippen LogP contribution in [0.25, 0.3) is 0 Å². The molecule has 19 heavy (non-hydrogen) atoms. The van der Waals surface area contributed by atoms with Crippen LogP contribution < -0.4 is 4.74 Å². The number of nitrogens with zero attached hydrogens (tertiary/aromatic N) is 2. The summed E-state index contributed by atoms with van der Waals surface area (Å²) in [4.78, 5) is 18.7. The van der Waals surface area contributed by atoms with E-state index in [0.717, 1.165) is 16.5 Å². The third-order valence-corrected chi connectivity index (χ3v) is 5.21. The Morgan fingerprint density at radius 1 is 1.47 bits per heavy atom. The first kappa shape index (κ1) is 11.3. The Bertz CT molecular complexity index is 615. The summed E-state index contributed by atoms with van der Waals surface area (Å²) in [5.74, 6) is 1.63. The number of benzene rings is 1. The molecule has 5 heteroatoms. The van der Waals surface area contributed by atoms with Crippen molar-refractivity contribution < 1.29 is 9.53 Å². The Morgan fingerprint density at radius 2 is 2.26 bits per heavy atom. The summed E-state index contributed by atoms with van der Waals surface area (Å²) in [5, 5.41) is 0.810. The molecule has 0 aromatic heterocycles. The van der Waals surface area contributed by atoms with Crippen LogP contribution in [0, 0.1) is 5.92 Å². The lowest BCUT2D eigenvalue weighted by Crippen LogP contribution is -2.55. The van der Waals surface area contributed by atoms with Crippen LogP contribution in [0.4, 0.5) is 0 Å². The van der Waals surface area contributed by atoms with Crippen LogP contribution in [0.3, 0.4) is 0 Å². The lowest BCUT2D eigenvalue weighted by Gasteiger charge is -2.49. The van der Waals surface area contributed by atoms with Crippen molar-refractivity contribution >= 4 is 22.8 Å². The Kier molecular flexibility index (Phi) is 2.11. The zero-order chi connectivity index (χ0) is 13.2. The van der Waals surface area contributed by atoms with Crippen molar-refractivity contribution in [3.63, 3.8) is 0 Å². The van der Waals surface area contributed by atoms with E-state index in [4.69, 9.17) is 4.74 Å². The van der Waals surface area contributed by atoms with Gasteiger partial charge in [0.2, 0.25) is 11.6 Å². The molecule has 3 aliphatic heterocycles. The van der Waals surface area contributed by atoms with Gasteiger partial charge in [0, 0.05) is 11.5 Å². The van der Waals surface area contributed by atoms with E-state index in [1.807, 2.05) is 30.0 Å². The molecule has 0 saturated carbocycles. The molecule has 0 radical (unpaired) electrons. The van der Waals surface area contributed by atoms with Crippen molar-refractivity contribution in [1.29, 1.82) is 0 Å². The van der Waals surface area contributed by atoms with E-state index in [2.05, 4.69) is 18.0 Å². The van der Waals surface area contributed by atoms with Crippen molar-refractivity contribution in [2.75, 3.05) is 5.75 Å². The highest BCUT2D eigenvalue weighted by atomic mass is 32.2. The van der Waals surface area contributed by atoms with Crippen molar-refractivity contribution in [2.45, 2.75) is 25.6 Å². The van der Waals surface area contributed by atoms with E-state index in [1.54, 1.807) is 0 Å². The molecule has 98 valence electrons. The second-order valence-corrected chi connectivity index (χ2v) is 6.32. The maximum Gasteiger partial charge on any atom is 0.239 e. The Balaban J connectivity index is 1.96. The van der Waals surface area contributed by atoms with Crippen LogP contribution in [0.1, 0.15) is 25.5 Å². The van der Waals surface area contributed by atoms with Gasteiger partial charge in [0.15, 0.2) is 5.17 Å². The normalized spacial score (nSPS) is 35.4. The van der Waals surface area contributed by atoms with E-state index in [-0.39, 0.29) is 17.9 Å². The molecule has 3 heterocycles. The third-order valence-electron chi connectivity index (χ3n) is 4.27. The van der Waals surface area contributed by atoms with E-state index < -0.39 is 5.72 Å². The van der Waals surface area contributed by atoms with Crippen molar-refractivity contribution in [3.8, 4) is 5.75 Å². The van der Waals surface area contributed by atoms with Crippen molar-refractivity contribution in [1.82, 2.24) is 4.90 Å². The summed E-state index contributed by atoms with van der Waals surface area (Å²) >= 11 is 1.51. The maximum atomic E-state index is 12.2. The smallest absolute Gasteiger partial charge is 0.239 e. The molecule has 3 unspecified atom stereocenters. The average Bonchev–Trinajstić information content (AvgIpc) is 2.71. The first-order valence-corrected chi connectivity index (χ1v) is 7.41. The van der Waals surface area contributed by atoms with Gasteiger partial charge in [0.05, 0.1) is 11.8 Å². The number of carbonyl (C=O) groups excluding carboxylic acids is 1. The molecule has 2 bridgehead atoms. The summed E-state index contributed by atoms with van der Waals surface area (Å²) < 4.78 is 6.11. The first-order chi connectivity index (χ1) is 9.10. The quantitative estimate of drug-likeness (QED) is 0.729. The predicted molar refractivity (Wildman–Crippen MR) is 74.1 cm³/mol. The molecule has 3 aliphatic rings. The third kappa shape index (κ3) is 1.36. The molecule has 0 N–H and O–H groups in total. The highest BCUT2D eigenvalue weighted by molar-refractivity contribution is 8.15. The van der Waals surface area contributed by atoms with Gasteiger partial charge in [-0.15, -0.1) is 0 Å². The van der Waals surface area contributed by atoms with E-state index >= 15 is 0 Å². The second-order valence-electron chi connectivity index (χ2n) is 5.37. The summed E-state index contributed by atoms with van der Waals surface area (Å²) in [6.07, 6.45) is 0. The Morgan fingerprint density at radius 3 is 3.11 bits per heavy atom. The maximum absolute atomic E-state index is 12.2. The number of aliphatic imine (C=N–C) groups is 1. The Hall–Kier alpha value is -1.49. The number of thioether (sulfide) groups is 1. The van der Waals surface area contributed by atoms with Crippen LogP contribution in [0.5, 0.6) is 5.75 Å². The van der Waals surface area contributed by atoms with Crippen LogP contribution in [-0.2, 0) is 4.79 Å². The minimum absolute atomic E-state index is 0.0462. The van der Waals surface area contributed by atoms with Crippen molar-refractivity contribution in [2.24, 2.45) is 10.9 Å². The van der Waals surface area contributed by atoms with Crippen LogP contribution in [-0.4, -0.2) is 27.5 Å². The summed E-state index contributed by atoms with van der Waals surface area (Å²) in [7, 11) is 0. The number of amidine groups is 1. The molecule has 1 aromatic carbocycles. The van der Waals surface area contributed by atoms with E-state index in [1.165, 1.54) is 11.8 Å². The molecule has 1 amide bonds. The van der Waals surface area contributed by atoms with E-state index in [9.17, 15) is 4.79 Å².